The fourth-order valence-corrected chi connectivity index (χ4v) is 4.18. The first-order valence-electron chi connectivity index (χ1n) is 10.3. The van der Waals surface area contributed by atoms with Gasteiger partial charge in [-0.3, -0.25) is 19.4 Å². The second-order valence-electron chi connectivity index (χ2n) is 8.05. The molecule has 0 aromatic heterocycles. The van der Waals surface area contributed by atoms with E-state index < -0.39 is 11.7 Å². The van der Waals surface area contributed by atoms with E-state index in [-0.39, 0.29) is 30.8 Å². The fourth-order valence-electron chi connectivity index (χ4n) is 4.18. The van der Waals surface area contributed by atoms with Crippen LogP contribution in [0.2, 0.25) is 0 Å². The number of nitrogens with zero attached hydrogens (tertiary/aromatic N) is 3. The highest BCUT2D eigenvalue weighted by atomic mass is 19.4. The van der Waals surface area contributed by atoms with Crippen molar-refractivity contribution in [1.29, 1.82) is 0 Å². The molecular formula is C23H24F3N3O2. The van der Waals surface area contributed by atoms with Crippen LogP contribution in [0.5, 0.6) is 0 Å². The third kappa shape index (κ3) is 4.90. The highest BCUT2D eigenvalue weighted by molar-refractivity contribution is 6.03. The third-order valence-corrected chi connectivity index (χ3v) is 5.91. The van der Waals surface area contributed by atoms with Crippen molar-refractivity contribution < 1.29 is 22.8 Å². The summed E-state index contributed by atoms with van der Waals surface area (Å²) < 4.78 is 38.9. The molecule has 2 heterocycles. The van der Waals surface area contributed by atoms with Crippen molar-refractivity contribution >= 4 is 17.5 Å². The Balaban J connectivity index is 1.33. The van der Waals surface area contributed by atoms with E-state index in [1.807, 2.05) is 40.1 Å². The molecule has 0 bridgehead atoms. The summed E-state index contributed by atoms with van der Waals surface area (Å²) in [5, 5.41) is 0. The van der Waals surface area contributed by atoms with Gasteiger partial charge in [-0.25, -0.2) is 0 Å². The Morgan fingerprint density at radius 3 is 2.29 bits per heavy atom. The van der Waals surface area contributed by atoms with E-state index in [1.165, 1.54) is 11.0 Å². The molecule has 2 aliphatic rings. The van der Waals surface area contributed by atoms with Gasteiger partial charge in [0.25, 0.3) is 0 Å². The van der Waals surface area contributed by atoms with E-state index >= 15 is 0 Å². The summed E-state index contributed by atoms with van der Waals surface area (Å²) in [6.45, 7) is 2.43. The first kappa shape index (κ1) is 21.4. The van der Waals surface area contributed by atoms with Gasteiger partial charge in [0.15, 0.2) is 0 Å². The van der Waals surface area contributed by atoms with Crippen LogP contribution in [0, 0.1) is 5.92 Å². The number of amides is 2. The van der Waals surface area contributed by atoms with Gasteiger partial charge in [0.1, 0.15) is 0 Å². The van der Waals surface area contributed by atoms with Crippen LogP contribution in [0.3, 0.4) is 0 Å². The lowest BCUT2D eigenvalue weighted by molar-refractivity contribution is -0.142. The minimum atomic E-state index is -4.37. The number of alkyl halides is 3. The summed E-state index contributed by atoms with van der Waals surface area (Å²) in [4.78, 5) is 30.4. The lowest BCUT2D eigenvalue weighted by Gasteiger charge is -2.37. The Labute approximate surface area is 179 Å². The third-order valence-electron chi connectivity index (χ3n) is 5.91. The maximum atomic E-state index is 13.0. The van der Waals surface area contributed by atoms with Crippen molar-refractivity contribution in [2.24, 2.45) is 5.92 Å². The summed E-state index contributed by atoms with van der Waals surface area (Å²) in [7, 11) is 0. The number of likely N-dealkylation sites (tertiary alicyclic amines) is 1. The van der Waals surface area contributed by atoms with E-state index in [9.17, 15) is 22.8 Å². The van der Waals surface area contributed by atoms with Crippen molar-refractivity contribution in [3.8, 4) is 0 Å². The minimum Gasteiger partial charge on any atom is -0.369 e. The minimum absolute atomic E-state index is 0.144. The highest BCUT2D eigenvalue weighted by Gasteiger charge is 2.39. The SMILES string of the molecule is O=C1CC(Cc2ccccc2)C(=O)N1CN1CCN(c2cccc(C(F)(F)F)c2)CC1. The summed E-state index contributed by atoms with van der Waals surface area (Å²) in [5.74, 6) is -0.637. The fraction of sp³-hybridized carbons (Fsp3) is 0.391. The molecule has 8 heteroatoms. The second kappa shape index (κ2) is 8.70. The molecule has 164 valence electrons. The molecule has 2 saturated heterocycles. The lowest BCUT2D eigenvalue weighted by atomic mass is 9.98. The Hall–Kier alpha value is -2.87. The van der Waals surface area contributed by atoms with Crippen molar-refractivity contribution in [2.45, 2.75) is 19.0 Å². The van der Waals surface area contributed by atoms with Crippen LogP contribution in [0.15, 0.2) is 54.6 Å². The number of hydrogen-bond donors (Lipinski definition) is 0. The Bertz CT molecular complexity index is 941. The Kier molecular flexibility index (Phi) is 6.00. The van der Waals surface area contributed by atoms with Crippen LogP contribution in [0.25, 0.3) is 0 Å². The van der Waals surface area contributed by atoms with E-state index in [4.69, 9.17) is 0 Å². The van der Waals surface area contributed by atoms with Gasteiger partial charge >= 0.3 is 6.18 Å². The second-order valence-corrected chi connectivity index (χ2v) is 8.05. The number of imide groups is 1. The molecule has 1 unspecified atom stereocenters. The number of halogens is 3. The van der Waals surface area contributed by atoms with Crippen LogP contribution < -0.4 is 4.90 Å². The van der Waals surface area contributed by atoms with Crippen molar-refractivity contribution in [2.75, 3.05) is 37.7 Å². The van der Waals surface area contributed by atoms with Crippen molar-refractivity contribution in [1.82, 2.24) is 9.80 Å². The van der Waals surface area contributed by atoms with Gasteiger partial charge in [-0.2, -0.15) is 13.2 Å². The summed E-state index contributed by atoms with van der Waals surface area (Å²) in [6.07, 6.45) is -3.60. The molecule has 2 fully saturated rings. The molecule has 4 rings (SSSR count). The topological polar surface area (TPSA) is 43.9 Å². The summed E-state index contributed by atoms with van der Waals surface area (Å²) >= 11 is 0. The van der Waals surface area contributed by atoms with Gasteiger partial charge in [0, 0.05) is 38.3 Å². The number of benzene rings is 2. The van der Waals surface area contributed by atoms with Gasteiger partial charge in [0.05, 0.1) is 18.2 Å². The van der Waals surface area contributed by atoms with Crippen LogP contribution in [0.4, 0.5) is 18.9 Å². The molecule has 5 nitrogen and oxygen atoms in total. The smallest absolute Gasteiger partial charge is 0.369 e. The highest BCUT2D eigenvalue weighted by Crippen LogP contribution is 2.32. The molecule has 31 heavy (non-hydrogen) atoms. The predicted molar refractivity (Wildman–Crippen MR) is 110 cm³/mol. The molecule has 2 amide bonds. The zero-order chi connectivity index (χ0) is 22.0. The van der Waals surface area contributed by atoms with Crippen molar-refractivity contribution in [3.05, 3.63) is 65.7 Å². The number of carbonyl (C=O) groups excluding carboxylic acids is 2. The molecule has 0 aliphatic carbocycles. The van der Waals surface area contributed by atoms with E-state index in [2.05, 4.69) is 0 Å². The zero-order valence-electron chi connectivity index (χ0n) is 17.0. The van der Waals surface area contributed by atoms with Crippen LogP contribution in [-0.4, -0.2) is 54.5 Å². The summed E-state index contributed by atoms with van der Waals surface area (Å²) in [6, 6.07) is 15.0. The van der Waals surface area contributed by atoms with E-state index in [0.29, 0.717) is 38.3 Å². The van der Waals surface area contributed by atoms with Gasteiger partial charge in [-0.1, -0.05) is 36.4 Å². The van der Waals surface area contributed by atoms with Crippen LogP contribution in [-0.2, 0) is 22.2 Å². The maximum Gasteiger partial charge on any atom is 0.416 e. The Morgan fingerprint density at radius 2 is 1.61 bits per heavy atom. The van der Waals surface area contributed by atoms with Crippen LogP contribution in [0.1, 0.15) is 17.5 Å². The normalized spacial score (nSPS) is 20.5. The molecule has 2 aliphatic heterocycles. The average molecular weight is 431 g/mol. The molecule has 2 aromatic rings. The Morgan fingerprint density at radius 1 is 0.903 bits per heavy atom. The van der Waals surface area contributed by atoms with Gasteiger partial charge in [0.2, 0.25) is 11.8 Å². The zero-order valence-corrected chi connectivity index (χ0v) is 17.0. The van der Waals surface area contributed by atoms with Gasteiger partial charge in [-0.15, -0.1) is 0 Å². The first-order chi connectivity index (χ1) is 14.8. The molecule has 2 aromatic carbocycles. The van der Waals surface area contributed by atoms with E-state index in [0.717, 1.165) is 17.7 Å². The first-order valence-corrected chi connectivity index (χ1v) is 10.3. The number of piperazine rings is 1. The molecule has 0 spiro atoms. The standard InChI is InChI=1S/C23H24F3N3O2/c24-23(25,26)19-7-4-8-20(15-19)28-11-9-27(10-12-28)16-29-21(30)14-18(22(29)31)13-17-5-2-1-3-6-17/h1-8,15,18H,9-14,16H2. The molecule has 0 N–H and O–H groups in total. The van der Waals surface area contributed by atoms with Gasteiger partial charge in [-0.05, 0) is 30.2 Å². The molecular weight excluding hydrogens is 407 g/mol. The number of rotatable bonds is 5. The van der Waals surface area contributed by atoms with Crippen LogP contribution >= 0.6 is 0 Å². The van der Waals surface area contributed by atoms with Gasteiger partial charge < -0.3 is 4.90 Å². The van der Waals surface area contributed by atoms with E-state index in [1.54, 1.807) is 6.07 Å². The number of anilines is 1. The number of hydrogen-bond acceptors (Lipinski definition) is 4. The quantitative estimate of drug-likeness (QED) is 0.681. The van der Waals surface area contributed by atoms with Crippen molar-refractivity contribution in [3.63, 3.8) is 0 Å². The lowest BCUT2D eigenvalue weighted by Crippen LogP contribution is -2.51. The predicted octanol–water partition coefficient (Wildman–Crippen LogP) is 3.40. The monoisotopic (exact) mass is 431 g/mol. The molecule has 0 radical (unpaired) electrons. The summed E-state index contributed by atoms with van der Waals surface area (Å²) in [5.41, 5.74) is 0.904. The maximum absolute atomic E-state index is 13.0. The molecule has 1 atom stereocenters. The average Bonchev–Trinajstić information content (AvgIpc) is 3.02. The number of carbonyl (C=O) groups is 2. The molecule has 0 saturated carbocycles. The largest absolute Gasteiger partial charge is 0.416 e.